The van der Waals surface area contributed by atoms with Gasteiger partial charge in [-0.3, -0.25) is 4.79 Å². The van der Waals surface area contributed by atoms with Gasteiger partial charge in [-0.2, -0.15) is 5.10 Å². The molecule has 2 N–H and O–H groups in total. The number of carbonyl (C=O) groups excluding carboxylic acids is 1. The Kier molecular flexibility index (Phi) is 4.09. The van der Waals surface area contributed by atoms with Gasteiger partial charge in [0.2, 0.25) is 0 Å². The van der Waals surface area contributed by atoms with Gasteiger partial charge in [0.05, 0.1) is 12.2 Å². The second-order valence-corrected chi connectivity index (χ2v) is 4.19. The molecule has 0 saturated carbocycles. The molecule has 2 aromatic rings. The number of carbonyl (C=O) groups is 1. The number of nitrogens with zero attached hydrogens (tertiary/aromatic N) is 2. The lowest BCUT2D eigenvalue weighted by atomic mass is 10.2. The average Bonchev–Trinajstić information content (AvgIpc) is 2.99. The third-order valence-corrected chi connectivity index (χ3v) is 2.64. The highest BCUT2D eigenvalue weighted by Crippen LogP contribution is 2.11. The minimum atomic E-state index is -3.31. The summed E-state index contributed by atoms with van der Waals surface area (Å²) in [6, 6.07) is 8.11. The maximum atomic E-state index is 12.8. The Morgan fingerprint density at radius 2 is 2.05 bits per heavy atom. The lowest BCUT2D eigenvalue weighted by Gasteiger charge is -2.14. The number of alkyl halides is 2. The van der Waals surface area contributed by atoms with Gasteiger partial charge in [0.15, 0.2) is 0 Å². The lowest BCUT2D eigenvalue weighted by molar-refractivity contribution is -0.0462. The summed E-state index contributed by atoms with van der Waals surface area (Å²) in [6.07, 6.45) is 3.37. The number of aliphatic hydroxyl groups excluding tert-OH is 1. The molecule has 0 bridgehead atoms. The van der Waals surface area contributed by atoms with Crippen LogP contribution in [0.2, 0.25) is 0 Å². The standard InChI is InChI=1S/C13H13F2N3O2/c14-13(15,9-19)8-16-12(20)10-2-4-11(5-3-10)18-7-1-6-17-18/h1-7,19H,8-9H2,(H,16,20). The zero-order chi connectivity index (χ0) is 14.6. The zero-order valence-corrected chi connectivity index (χ0v) is 10.5. The molecule has 0 saturated heterocycles. The summed E-state index contributed by atoms with van der Waals surface area (Å²) < 4.78 is 27.2. The molecule has 0 unspecified atom stereocenters. The molecule has 0 aliphatic carbocycles. The zero-order valence-electron chi connectivity index (χ0n) is 10.5. The normalized spacial score (nSPS) is 11.3. The van der Waals surface area contributed by atoms with Crippen molar-refractivity contribution < 1.29 is 18.7 Å². The van der Waals surface area contributed by atoms with Gasteiger partial charge in [-0.1, -0.05) is 0 Å². The van der Waals surface area contributed by atoms with Gasteiger partial charge < -0.3 is 10.4 Å². The minimum Gasteiger partial charge on any atom is -0.390 e. The first-order valence-electron chi connectivity index (χ1n) is 5.89. The van der Waals surface area contributed by atoms with E-state index in [4.69, 9.17) is 5.11 Å². The van der Waals surface area contributed by atoms with Crippen LogP contribution >= 0.6 is 0 Å². The summed E-state index contributed by atoms with van der Waals surface area (Å²) >= 11 is 0. The lowest BCUT2D eigenvalue weighted by Crippen LogP contribution is -2.38. The molecule has 0 spiro atoms. The van der Waals surface area contributed by atoms with Gasteiger partial charge in [0.25, 0.3) is 11.8 Å². The number of halogens is 2. The Morgan fingerprint density at radius 1 is 1.35 bits per heavy atom. The summed E-state index contributed by atoms with van der Waals surface area (Å²) in [6.45, 7) is -2.20. The van der Waals surface area contributed by atoms with Crippen molar-refractivity contribution in [1.29, 1.82) is 0 Å². The number of aromatic nitrogens is 2. The molecule has 1 amide bonds. The van der Waals surface area contributed by atoms with E-state index in [2.05, 4.69) is 10.4 Å². The number of amides is 1. The molecule has 0 aliphatic rings. The highest BCUT2D eigenvalue weighted by Gasteiger charge is 2.28. The van der Waals surface area contributed by atoms with Crippen LogP contribution in [-0.2, 0) is 0 Å². The van der Waals surface area contributed by atoms with E-state index in [1.54, 1.807) is 35.3 Å². The van der Waals surface area contributed by atoms with Crippen LogP contribution in [0, 0.1) is 0 Å². The summed E-state index contributed by atoms with van der Waals surface area (Å²) in [4.78, 5) is 11.7. The number of aliphatic hydroxyl groups is 1. The van der Waals surface area contributed by atoms with Crippen molar-refractivity contribution in [2.45, 2.75) is 5.92 Å². The molecular weight excluding hydrogens is 268 g/mol. The van der Waals surface area contributed by atoms with Crippen LogP contribution in [0.5, 0.6) is 0 Å². The number of nitrogens with one attached hydrogen (secondary N) is 1. The van der Waals surface area contributed by atoms with E-state index in [1.165, 1.54) is 12.1 Å². The number of rotatable bonds is 5. The van der Waals surface area contributed by atoms with Crippen LogP contribution in [-0.4, -0.2) is 39.9 Å². The molecule has 2 rings (SSSR count). The topological polar surface area (TPSA) is 67.2 Å². The second-order valence-electron chi connectivity index (χ2n) is 4.19. The van der Waals surface area contributed by atoms with Crippen molar-refractivity contribution in [3.8, 4) is 5.69 Å². The predicted octanol–water partition coefficient (Wildman–Crippen LogP) is 1.23. The Morgan fingerprint density at radius 3 is 2.60 bits per heavy atom. The molecule has 1 aromatic carbocycles. The van der Waals surface area contributed by atoms with E-state index in [9.17, 15) is 13.6 Å². The third kappa shape index (κ3) is 3.39. The molecule has 1 heterocycles. The quantitative estimate of drug-likeness (QED) is 0.866. The Bertz CT molecular complexity index is 568. The maximum Gasteiger partial charge on any atom is 0.287 e. The van der Waals surface area contributed by atoms with E-state index in [-0.39, 0.29) is 5.56 Å². The van der Waals surface area contributed by atoms with Crippen LogP contribution in [0.3, 0.4) is 0 Å². The molecule has 106 valence electrons. The number of benzene rings is 1. The number of hydrogen-bond acceptors (Lipinski definition) is 3. The first-order chi connectivity index (χ1) is 9.52. The SMILES string of the molecule is O=C(NCC(F)(F)CO)c1ccc(-n2cccn2)cc1. The summed E-state index contributed by atoms with van der Waals surface area (Å²) in [7, 11) is 0. The van der Waals surface area contributed by atoms with Gasteiger partial charge in [0, 0.05) is 18.0 Å². The summed E-state index contributed by atoms with van der Waals surface area (Å²) in [5, 5.41) is 14.5. The molecular formula is C13H13F2N3O2. The van der Waals surface area contributed by atoms with Crippen LogP contribution in [0.15, 0.2) is 42.7 Å². The van der Waals surface area contributed by atoms with Gasteiger partial charge in [0.1, 0.15) is 6.61 Å². The van der Waals surface area contributed by atoms with E-state index in [0.29, 0.717) is 0 Å². The highest BCUT2D eigenvalue weighted by molar-refractivity contribution is 5.94. The molecule has 5 nitrogen and oxygen atoms in total. The minimum absolute atomic E-state index is 0.259. The van der Waals surface area contributed by atoms with E-state index >= 15 is 0 Å². The van der Waals surface area contributed by atoms with E-state index < -0.39 is 25.0 Å². The van der Waals surface area contributed by atoms with E-state index in [0.717, 1.165) is 5.69 Å². The molecule has 0 atom stereocenters. The average molecular weight is 281 g/mol. The molecule has 7 heteroatoms. The Labute approximate surface area is 113 Å². The molecule has 20 heavy (non-hydrogen) atoms. The van der Waals surface area contributed by atoms with Crippen LogP contribution in [0.1, 0.15) is 10.4 Å². The Balaban J connectivity index is 2.01. The maximum absolute atomic E-state index is 12.8. The first kappa shape index (κ1) is 14.1. The monoisotopic (exact) mass is 281 g/mol. The predicted molar refractivity (Wildman–Crippen MR) is 67.9 cm³/mol. The number of hydrogen-bond donors (Lipinski definition) is 2. The molecule has 0 fully saturated rings. The fourth-order valence-corrected chi connectivity index (χ4v) is 1.55. The summed E-state index contributed by atoms with van der Waals surface area (Å²) in [5.74, 6) is -3.94. The molecule has 0 radical (unpaired) electrons. The van der Waals surface area contributed by atoms with E-state index in [1.807, 2.05) is 0 Å². The van der Waals surface area contributed by atoms with Gasteiger partial charge in [-0.25, -0.2) is 13.5 Å². The van der Waals surface area contributed by atoms with Crippen molar-refractivity contribution in [3.05, 3.63) is 48.3 Å². The second kappa shape index (κ2) is 5.79. The van der Waals surface area contributed by atoms with Gasteiger partial charge in [-0.05, 0) is 30.3 Å². The van der Waals surface area contributed by atoms with Crippen LogP contribution < -0.4 is 5.32 Å². The summed E-state index contributed by atoms with van der Waals surface area (Å²) in [5.41, 5.74) is 1.02. The fraction of sp³-hybridized carbons (Fsp3) is 0.231. The largest absolute Gasteiger partial charge is 0.390 e. The Hall–Kier alpha value is -2.28. The highest BCUT2D eigenvalue weighted by atomic mass is 19.3. The van der Waals surface area contributed by atoms with Gasteiger partial charge in [-0.15, -0.1) is 0 Å². The van der Waals surface area contributed by atoms with Crippen molar-refractivity contribution in [3.63, 3.8) is 0 Å². The van der Waals surface area contributed by atoms with Crippen molar-refractivity contribution in [1.82, 2.24) is 15.1 Å². The first-order valence-corrected chi connectivity index (χ1v) is 5.89. The van der Waals surface area contributed by atoms with Crippen LogP contribution in [0.25, 0.3) is 5.69 Å². The smallest absolute Gasteiger partial charge is 0.287 e. The van der Waals surface area contributed by atoms with Crippen molar-refractivity contribution in [2.24, 2.45) is 0 Å². The molecule has 1 aromatic heterocycles. The van der Waals surface area contributed by atoms with Crippen molar-refractivity contribution >= 4 is 5.91 Å². The van der Waals surface area contributed by atoms with Gasteiger partial charge >= 0.3 is 0 Å². The van der Waals surface area contributed by atoms with Crippen molar-refractivity contribution in [2.75, 3.05) is 13.2 Å². The van der Waals surface area contributed by atoms with Crippen LogP contribution in [0.4, 0.5) is 8.78 Å². The fourth-order valence-electron chi connectivity index (χ4n) is 1.55. The third-order valence-electron chi connectivity index (χ3n) is 2.64. The molecule has 0 aliphatic heterocycles.